The summed E-state index contributed by atoms with van der Waals surface area (Å²) in [5, 5.41) is 40.1. The van der Waals surface area contributed by atoms with Gasteiger partial charge in [0.05, 0.1) is 12.6 Å². The molecule has 0 saturated heterocycles. The fourth-order valence-electron chi connectivity index (χ4n) is 3.67. The molecule has 0 aromatic heterocycles. The van der Waals surface area contributed by atoms with Crippen LogP contribution in [0.2, 0.25) is 0 Å². The van der Waals surface area contributed by atoms with Crippen molar-refractivity contribution < 1.29 is 20.1 Å². The van der Waals surface area contributed by atoms with Gasteiger partial charge in [0.1, 0.15) is 11.5 Å². The summed E-state index contributed by atoms with van der Waals surface area (Å²) in [5.41, 5.74) is 11.7. The highest BCUT2D eigenvalue weighted by molar-refractivity contribution is 6.19. The van der Waals surface area contributed by atoms with Crippen molar-refractivity contribution in [2.24, 2.45) is 11.5 Å². The minimum atomic E-state index is -0.909. The Bertz CT molecular complexity index is 1050. The maximum absolute atomic E-state index is 12.7. The molecule has 30 heavy (non-hydrogen) atoms. The minimum Gasteiger partial charge on any atom is -0.507 e. The summed E-state index contributed by atoms with van der Waals surface area (Å²) in [5.74, 6) is -0.411. The number of Topliss-reactive ketones (excluding diaryl/α,β-unsaturated/α-hetero) is 1. The number of benzene rings is 3. The van der Waals surface area contributed by atoms with Gasteiger partial charge in [-0.25, -0.2) is 0 Å². The summed E-state index contributed by atoms with van der Waals surface area (Å²) in [4.78, 5) is 12.7. The first-order valence-electron chi connectivity index (χ1n) is 9.93. The minimum absolute atomic E-state index is 0.0696. The first kappa shape index (κ1) is 21.9. The molecule has 1 unspecified atom stereocenters. The number of nitrogens with one attached hydrogen (secondary N) is 2. The largest absolute Gasteiger partial charge is 0.507 e. The highest BCUT2D eigenvalue weighted by Crippen LogP contribution is 2.45. The second-order valence-electron chi connectivity index (χ2n) is 7.09. The number of hydrogen-bond acceptors (Lipinski definition) is 8. The lowest BCUT2D eigenvalue weighted by Gasteiger charge is -2.18. The Labute approximate surface area is 174 Å². The molecule has 160 valence electrons. The van der Waals surface area contributed by atoms with Gasteiger partial charge in [-0.2, -0.15) is 0 Å². The molecular formula is C22H28N4O4. The molecule has 0 spiro atoms. The van der Waals surface area contributed by atoms with E-state index in [1.54, 1.807) is 36.4 Å². The molecule has 0 radical (unpaired) electrons. The molecule has 0 fully saturated rings. The van der Waals surface area contributed by atoms with E-state index >= 15 is 0 Å². The molecule has 3 rings (SSSR count). The molecule has 3 aromatic rings. The van der Waals surface area contributed by atoms with Crippen molar-refractivity contribution >= 4 is 27.3 Å². The van der Waals surface area contributed by atoms with Crippen LogP contribution in [0.25, 0.3) is 21.5 Å². The Morgan fingerprint density at radius 2 is 1.50 bits per heavy atom. The van der Waals surface area contributed by atoms with Gasteiger partial charge in [0.25, 0.3) is 0 Å². The normalized spacial score (nSPS) is 12.5. The second kappa shape index (κ2) is 9.84. The topological polar surface area (TPSA) is 154 Å². The predicted octanol–water partition coefficient (Wildman–Crippen LogP) is 0.717. The van der Waals surface area contributed by atoms with E-state index in [1.165, 1.54) is 0 Å². The molecule has 0 aliphatic heterocycles. The van der Waals surface area contributed by atoms with Crippen molar-refractivity contribution in [3.8, 4) is 11.5 Å². The number of phenolic OH excluding ortho intramolecular Hbond substituents is 2. The van der Waals surface area contributed by atoms with Crippen LogP contribution in [0.3, 0.4) is 0 Å². The molecule has 9 N–H and O–H groups in total. The number of hydrogen-bond donors (Lipinski definition) is 7. The Balaban J connectivity index is 2.15. The van der Waals surface area contributed by atoms with Crippen LogP contribution in [-0.4, -0.2) is 60.4 Å². The molecular weight excluding hydrogens is 384 g/mol. The summed E-state index contributed by atoms with van der Waals surface area (Å²) in [6, 6.07) is 9.97. The average molecular weight is 412 g/mol. The number of ketones is 1. The van der Waals surface area contributed by atoms with Crippen molar-refractivity contribution in [1.82, 2.24) is 10.6 Å². The quantitative estimate of drug-likeness (QED) is 0.111. The molecule has 0 amide bonds. The summed E-state index contributed by atoms with van der Waals surface area (Å²) in [6.45, 7) is 2.21. The molecule has 8 heteroatoms. The van der Waals surface area contributed by atoms with Crippen LogP contribution in [-0.2, 0) is 0 Å². The maximum Gasteiger partial charge on any atom is 0.177 e. The van der Waals surface area contributed by atoms with E-state index in [0.717, 1.165) is 0 Å². The van der Waals surface area contributed by atoms with Crippen LogP contribution in [0.15, 0.2) is 36.4 Å². The zero-order valence-corrected chi connectivity index (χ0v) is 16.7. The van der Waals surface area contributed by atoms with Gasteiger partial charge in [-0.1, -0.05) is 36.4 Å². The summed E-state index contributed by atoms with van der Waals surface area (Å²) >= 11 is 0. The molecule has 0 bridgehead atoms. The van der Waals surface area contributed by atoms with Crippen molar-refractivity contribution in [3.63, 3.8) is 0 Å². The molecule has 8 nitrogen and oxygen atoms in total. The van der Waals surface area contributed by atoms with Gasteiger partial charge in [0.2, 0.25) is 0 Å². The van der Waals surface area contributed by atoms with Crippen molar-refractivity contribution in [2.75, 3.05) is 39.3 Å². The molecule has 0 aliphatic carbocycles. The lowest BCUT2D eigenvalue weighted by atomic mass is 9.92. The lowest BCUT2D eigenvalue weighted by molar-refractivity contribution is 0.0993. The Hall–Kier alpha value is -2.75. The van der Waals surface area contributed by atoms with E-state index in [2.05, 4.69) is 10.6 Å². The van der Waals surface area contributed by atoms with Crippen LogP contribution in [0.5, 0.6) is 11.5 Å². The fourth-order valence-corrected chi connectivity index (χ4v) is 3.67. The number of nitrogens with two attached hydrogens (primary N) is 2. The van der Waals surface area contributed by atoms with E-state index in [0.29, 0.717) is 53.5 Å². The van der Waals surface area contributed by atoms with E-state index in [-0.39, 0.29) is 35.8 Å². The first-order chi connectivity index (χ1) is 14.5. The predicted molar refractivity (Wildman–Crippen MR) is 118 cm³/mol. The van der Waals surface area contributed by atoms with E-state index in [9.17, 15) is 20.1 Å². The van der Waals surface area contributed by atoms with Gasteiger partial charge in [-0.15, -0.1) is 0 Å². The summed E-state index contributed by atoms with van der Waals surface area (Å²) < 4.78 is 0. The van der Waals surface area contributed by atoms with E-state index < -0.39 is 6.10 Å². The smallest absolute Gasteiger partial charge is 0.177 e. The van der Waals surface area contributed by atoms with Crippen LogP contribution >= 0.6 is 0 Å². The standard InChI is InChI=1S/C22H28N4O4/c23-7-9-25-11-17(27)13-3-1-5-15-19(13)22(30)16-6-2-4-14(20(16)21(15)29)18(28)12-26-10-8-24/h1-6,17,25-27,29-30H,7-12,23-24H2. The lowest BCUT2D eigenvalue weighted by Crippen LogP contribution is -2.28. The van der Waals surface area contributed by atoms with Gasteiger partial charge in [0, 0.05) is 59.8 Å². The molecule has 0 aliphatic rings. The van der Waals surface area contributed by atoms with Gasteiger partial charge in [-0.3, -0.25) is 4.79 Å². The number of aliphatic hydroxyl groups excluding tert-OH is 1. The SMILES string of the molecule is NCCNCC(=O)c1cccc2c(O)c3c(C(O)CNCCN)cccc3c(O)c12. The number of aliphatic hydroxyl groups is 1. The van der Waals surface area contributed by atoms with Gasteiger partial charge >= 0.3 is 0 Å². The van der Waals surface area contributed by atoms with Crippen LogP contribution < -0.4 is 22.1 Å². The van der Waals surface area contributed by atoms with Gasteiger partial charge in [0.15, 0.2) is 5.78 Å². The van der Waals surface area contributed by atoms with Gasteiger partial charge in [-0.05, 0) is 5.56 Å². The van der Waals surface area contributed by atoms with Crippen LogP contribution in [0.4, 0.5) is 0 Å². The number of carbonyl (C=O) groups excluding carboxylic acids is 1. The third kappa shape index (κ3) is 4.23. The number of aromatic hydroxyl groups is 2. The highest BCUT2D eigenvalue weighted by Gasteiger charge is 2.22. The van der Waals surface area contributed by atoms with Gasteiger partial charge < -0.3 is 37.4 Å². The fraction of sp³-hybridized carbons (Fsp3) is 0.318. The molecule has 1 atom stereocenters. The number of carbonyl (C=O) groups is 1. The highest BCUT2D eigenvalue weighted by atomic mass is 16.3. The molecule has 3 aromatic carbocycles. The number of phenols is 2. The zero-order valence-electron chi connectivity index (χ0n) is 16.7. The Morgan fingerprint density at radius 3 is 2.20 bits per heavy atom. The molecule has 0 saturated carbocycles. The summed E-state index contributed by atoms with van der Waals surface area (Å²) in [6.07, 6.45) is -0.909. The van der Waals surface area contributed by atoms with Crippen LogP contribution in [0.1, 0.15) is 22.0 Å². The van der Waals surface area contributed by atoms with Crippen molar-refractivity contribution in [2.45, 2.75) is 6.10 Å². The third-order valence-electron chi connectivity index (χ3n) is 5.07. The van der Waals surface area contributed by atoms with E-state index in [1.807, 2.05) is 0 Å². The van der Waals surface area contributed by atoms with Crippen molar-refractivity contribution in [3.05, 3.63) is 47.5 Å². The molecule has 0 heterocycles. The Kier molecular flexibility index (Phi) is 7.20. The number of rotatable bonds is 10. The Morgan fingerprint density at radius 1 is 0.900 bits per heavy atom. The van der Waals surface area contributed by atoms with Crippen molar-refractivity contribution in [1.29, 1.82) is 0 Å². The third-order valence-corrected chi connectivity index (χ3v) is 5.07. The summed E-state index contributed by atoms with van der Waals surface area (Å²) in [7, 11) is 0. The average Bonchev–Trinajstić information content (AvgIpc) is 2.76. The number of fused-ring (bicyclic) bond motifs is 2. The van der Waals surface area contributed by atoms with Crippen LogP contribution in [0, 0.1) is 0 Å². The second-order valence-corrected chi connectivity index (χ2v) is 7.09. The monoisotopic (exact) mass is 412 g/mol. The maximum atomic E-state index is 12.7. The first-order valence-corrected chi connectivity index (χ1v) is 9.93. The zero-order chi connectivity index (χ0) is 21.7. The van der Waals surface area contributed by atoms with E-state index in [4.69, 9.17) is 11.5 Å².